The fourth-order valence-corrected chi connectivity index (χ4v) is 2.23. The molecule has 0 spiro atoms. The molecule has 3 rings (SSSR count). The standard InChI is InChI=1S/C20H14F3NO2/c21-20(22,23)15-10-11-19(26-16-7-2-1-3-8-16)17(12-15)24-13-14-6-4-5-9-18(14)25/h1-13,25H. The van der Waals surface area contributed by atoms with E-state index in [0.717, 1.165) is 12.1 Å². The Bertz CT molecular complexity index is 922. The van der Waals surface area contributed by atoms with Crippen LogP contribution in [0.15, 0.2) is 77.8 Å². The van der Waals surface area contributed by atoms with Crippen molar-refractivity contribution in [2.24, 2.45) is 4.99 Å². The summed E-state index contributed by atoms with van der Waals surface area (Å²) in [6.45, 7) is 0. The van der Waals surface area contributed by atoms with Gasteiger partial charge in [-0.2, -0.15) is 13.2 Å². The molecule has 3 aromatic carbocycles. The van der Waals surface area contributed by atoms with Gasteiger partial charge in [0.05, 0.1) is 5.56 Å². The summed E-state index contributed by atoms with van der Waals surface area (Å²) in [6.07, 6.45) is -3.20. The van der Waals surface area contributed by atoms with Gasteiger partial charge in [0, 0.05) is 11.8 Å². The predicted molar refractivity (Wildman–Crippen MR) is 93.3 cm³/mol. The third-order valence-electron chi connectivity index (χ3n) is 3.54. The van der Waals surface area contributed by atoms with E-state index in [-0.39, 0.29) is 17.2 Å². The zero-order chi connectivity index (χ0) is 18.6. The second-order valence-corrected chi connectivity index (χ2v) is 5.41. The van der Waals surface area contributed by atoms with Crippen LogP contribution in [0.2, 0.25) is 0 Å². The molecule has 0 aliphatic rings. The Morgan fingerprint density at radius 3 is 2.27 bits per heavy atom. The first kappa shape index (κ1) is 17.5. The van der Waals surface area contributed by atoms with E-state index < -0.39 is 11.7 Å². The third-order valence-corrected chi connectivity index (χ3v) is 3.54. The smallest absolute Gasteiger partial charge is 0.416 e. The van der Waals surface area contributed by atoms with Crippen LogP contribution < -0.4 is 4.74 Å². The number of aliphatic imine (C=N–C) groups is 1. The molecule has 0 saturated heterocycles. The van der Waals surface area contributed by atoms with Crippen LogP contribution in [0, 0.1) is 0 Å². The van der Waals surface area contributed by atoms with Crippen molar-refractivity contribution in [1.82, 2.24) is 0 Å². The van der Waals surface area contributed by atoms with Gasteiger partial charge in [0.25, 0.3) is 0 Å². The number of aromatic hydroxyl groups is 1. The Labute approximate surface area is 148 Å². The predicted octanol–water partition coefficient (Wildman–Crippen LogP) is 5.95. The molecule has 0 aliphatic heterocycles. The summed E-state index contributed by atoms with van der Waals surface area (Å²) in [4.78, 5) is 4.10. The van der Waals surface area contributed by atoms with Crippen LogP contribution >= 0.6 is 0 Å². The van der Waals surface area contributed by atoms with Gasteiger partial charge < -0.3 is 9.84 Å². The summed E-state index contributed by atoms with van der Waals surface area (Å²) in [7, 11) is 0. The average Bonchev–Trinajstić information content (AvgIpc) is 2.62. The number of alkyl halides is 3. The molecule has 0 bridgehead atoms. The van der Waals surface area contributed by atoms with Gasteiger partial charge in [-0.3, -0.25) is 4.99 Å². The maximum Gasteiger partial charge on any atom is 0.416 e. The summed E-state index contributed by atoms with van der Waals surface area (Å²) >= 11 is 0. The van der Waals surface area contributed by atoms with E-state index in [1.165, 1.54) is 18.3 Å². The average molecular weight is 357 g/mol. The van der Waals surface area contributed by atoms with E-state index in [4.69, 9.17) is 4.74 Å². The molecule has 0 aromatic heterocycles. The monoisotopic (exact) mass is 357 g/mol. The highest BCUT2D eigenvalue weighted by molar-refractivity contribution is 5.86. The molecule has 0 unspecified atom stereocenters. The van der Waals surface area contributed by atoms with Crippen molar-refractivity contribution < 1.29 is 23.0 Å². The number of hydrogen-bond acceptors (Lipinski definition) is 3. The van der Waals surface area contributed by atoms with E-state index in [2.05, 4.69) is 4.99 Å². The van der Waals surface area contributed by atoms with E-state index >= 15 is 0 Å². The molecule has 0 radical (unpaired) electrons. The van der Waals surface area contributed by atoms with Crippen molar-refractivity contribution in [1.29, 1.82) is 0 Å². The molecule has 1 N–H and O–H groups in total. The number of rotatable bonds is 4. The lowest BCUT2D eigenvalue weighted by Crippen LogP contribution is -2.04. The van der Waals surface area contributed by atoms with Crippen LogP contribution in [-0.2, 0) is 6.18 Å². The number of phenols is 1. The Morgan fingerprint density at radius 1 is 0.885 bits per heavy atom. The van der Waals surface area contributed by atoms with Crippen LogP contribution in [0.1, 0.15) is 11.1 Å². The number of nitrogens with zero attached hydrogens (tertiary/aromatic N) is 1. The van der Waals surface area contributed by atoms with Crippen molar-refractivity contribution >= 4 is 11.9 Å². The SMILES string of the molecule is Oc1ccccc1C=Nc1cc(C(F)(F)F)ccc1Oc1ccccc1. The quantitative estimate of drug-likeness (QED) is 0.586. The molecule has 0 amide bonds. The van der Waals surface area contributed by atoms with Gasteiger partial charge in [0.15, 0.2) is 5.75 Å². The van der Waals surface area contributed by atoms with E-state index in [9.17, 15) is 18.3 Å². The molecule has 132 valence electrons. The first-order chi connectivity index (χ1) is 12.4. The minimum atomic E-state index is -4.50. The van der Waals surface area contributed by atoms with Crippen LogP contribution in [0.5, 0.6) is 17.2 Å². The first-order valence-electron chi connectivity index (χ1n) is 7.70. The number of phenolic OH excluding ortho intramolecular Hbond substituents is 1. The van der Waals surface area contributed by atoms with E-state index in [1.807, 2.05) is 0 Å². The molecule has 0 saturated carbocycles. The minimum Gasteiger partial charge on any atom is -0.507 e. The van der Waals surface area contributed by atoms with Crippen molar-refractivity contribution in [3.63, 3.8) is 0 Å². The molecule has 0 heterocycles. The lowest BCUT2D eigenvalue weighted by molar-refractivity contribution is -0.137. The summed E-state index contributed by atoms with van der Waals surface area (Å²) < 4.78 is 44.7. The van der Waals surface area contributed by atoms with Crippen molar-refractivity contribution in [3.8, 4) is 17.2 Å². The van der Waals surface area contributed by atoms with E-state index in [0.29, 0.717) is 11.3 Å². The van der Waals surface area contributed by atoms with E-state index in [1.54, 1.807) is 48.5 Å². The number of benzene rings is 3. The minimum absolute atomic E-state index is 0.00642. The molecular formula is C20H14F3NO2. The molecule has 0 aliphatic carbocycles. The summed E-state index contributed by atoms with van der Waals surface area (Å²) in [5.41, 5.74) is -0.440. The third kappa shape index (κ3) is 4.22. The van der Waals surface area contributed by atoms with Crippen molar-refractivity contribution in [2.45, 2.75) is 6.18 Å². The second-order valence-electron chi connectivity index (χ2n) is 5.41. The van der Waals surface area contributed by atoms with Gasteiger partial charge in [0.1, 0.15) is 17.2 Å². The van der Waals surface area contributed by atoms with Gasteiger partial charge in [-0.15, -0.1) is 0 Å². The zero-order valence-electron chi connectivity index (χ0n) is 13.4. The van der Waals surface area contributed by atoms with Crippen LogP contribution in [0.25, 0.3) is 0 Å². The Hall–Kier alpha value is -3.28. The summed E-state index contributed by atoms with van der Waals surface area (Å²) in [6, 6.07) is 18.2. The fourth-order valence-electron chi connectivity index (χ4n) is 2.23. The Balaban J connectivity index is 2.00. The fraction of sp³-hybridized carbons (Fsp3) is 0.0500. The highest BCUT2D eigenvalue weighted by Crippen LogP contribution is 2.38. The van der Waals surface area contributed by atoms with Gasteiger partial charge in [0.2, 0.25) is 0 Å². The Morgan fingerprint density at radius 2 is 1.58 bits per heavy atom. The Kier molecular flexibility index (Phi) is 4.93. The second kappa shape index (κ2) is 7.31. The normalized spacial score (nSPS) is 11.7. The first-order valence-corrected chi connectivity index (χ1v) is 7.70. The van der Waals surface area contributed by atoms with Gasteiger partial charge in [-0.25, -0.2) is 0 Å². The number of halogens is 3. The number of para-hydroxylation sites is 2. The zero-order valence-corrected chi connectivity index (χ0v) is 13.4. The molecular weight excluding hydrogens is 343 g/mol. The molecule has 26 heavy (non-hydrogen) atoms. The molecule has 6 heteroatoms. The lowest BCUT2D eigenvalue weighted by atomic mass is 10.1. The number of ether oxygens (including phenoxy) is 1. The van der Waals surface area contributed by atoms with Gasteiger partial charge >= 0.3 is 6.18 Å². The number of hydrogen-bond donors (Lipinski definition) is 1. The van der Waals surface area contributed by atoms with Gasteiger partial charge in [-0.1, -0.05) is 30.3 Å². The van der Waals surface area contributed by atoms with Crippen LogP contribution in [0.3, 0.4) is 0 Å². The molecule has 3 aromatic rings. The highest BCUT2D eigenvalue weighted by Gasteiger charge is 2.31. The molecule has 0 atom stereocenters. The largest absolute Gasteiger partial charge is 0.507 e. The summed E-state index contributed by atoms with van der Waals surface area (Å²) in [5.74, 6) is 0.635. The maximum absolute atomic E-state index is 13.0. The van der Waals surface area contributed by atoms with Crippen LogP contribution in [0.4, 0.5) is 18.9 Å². The van der Waals surface area contributed by atoms with Crippen molar-refractivity contribution in [3.05, 3.63) is 83.9 Å². The molecule has 0 fully saturated rings. The summed E-state index contributed by atoms with van der Waals surface area (Å²) in [5, 5.41) is 9.77. The van der Waals surface area contributed by atoms with Crippen LogP contribution in [-0.4, -0.2) is 11.3 Å². The van der Waals surface area contributed by atoms with Gasteiger partial charge in [-0.05, 0) is 42.5 Å². The molecule has 3 nitrogen and oxygen atoms in total. The maximum atomic E-state index is 13.0. The van der Waals surface area contributed by atoms with Crippen molar-refractivity contribution in [2.75, 3.05) is 0 Å². The highest BCUT2D eigenvalue weighted by atomic mass is 19.4. The lowest BCUT2D eigenvalue weighted by Gasteiger charge is -2.12. The topological polar surface area (TPSA) is 41.8 Å².